The molecule has 0 amide bonds. The Balaban J connectivity index is 1.82. The van der Waals surface area contributed by atoms with Gasteiger partial charge in [0.15, 0.2) is 5.96 Å². The van der Waals surface area contributed by atoms with Crippen molar-refractivity contribution in [3.05, 3.63) is 23.9 Å². The van der Waals surface area contributed by atoms with Crippen LogP contribution in [0, 0.1) is 0 Å². The summed E-state index contributed by atoms with van der Waals surface area (Å²) in [5.74, 6) is 3.03. The maximum atomic E-state index is 4.65. The van der Waals surface area contributed by atoms with Crippen molar-refractivity contribution in [1.82, 2.24) is 15.6 Å². The number of rotatable bonds is 6. The van der Waals surface area contributed by atoms with Crippen LogP contribution in [0.15, 0.2) is 23.3 Å². The fourth-order valence-electron chi connectivity index (χ4n) is 2.69. The molecule has 1 fully saturated rings. The lowest BCUT2D eigenvalue weighted by Gasteiger charge is -2.21. The third-order valence-corrected chi connectivity index (χ3v) is 4.63. The van der Waals surface area contributed by atoms with E-state index in [0.717, 1.165) is 43.7 Å². The molecule has 0 saturated carbocycles. The SMILES string of the molecule is CN=C(NCCSC)NCc1ccc(N2CCCCCC2)nc1. The van der Waals surface area contributed by atoms with Gasteiger partial charge in [0, 0.05) is 45.2 Å². The average Bonchev–Trinajstić information content (AvgIpc) is 2.88. The first kappa shape index (κ1) is 17.9. The van der Waals surface area contributed by atoms with Gasteiger partial charge in [-0.2, -0.15) is 11.8 Å². The molecule has 1 aromatic heterocycles. The predicted molar refractivity (Wildman–Crippen MR) is 102 cm³/mol. The minimum Gasteiger partial charge on any atom is -0.357 e. The Morgan fingerprint density at radius 3 is 2.61 bits per heavy atom. The summed E-state index contributed by atoms with van der Waals surface area (Å²) in [5, 5.41) is 6.63. The lowest BCUT2D eigenvalue weighted by atomic mass is 10.2. The molecule has 1 aromatic rings. The van der Waals surface area contributed by atoms with Crippen LogP contribution in [0.1, 0.15) is 31.2 Å². The van der Waals surface area contributed by atoms with E-state index >= 15 is 0 Å². The van der Waals surface area contributed by atoms with Crippen LogP contribution in [0.25, 0.3) is 0 Å². The highest BCUT2D eigenvalue weighted by atomic mass is 32.2. The Bertz CT molecular complexity index is 466. The van der Waals surface area contributed by atoms with Gasteiger partial charge in [-0.05, 0) is 30.7 Å². The fourth-order valence-corrected chi connectivity index (χ4v) is 2.99. The highest BCUT2D eigenvalue weighted by Crippen LogP contribution is 2.17. The molecule has 0 bridgehead atoms. The molecule has 6 heteroatoms. The Kier molecular flexibility index (Phi) is 8.07. The van der Waals surface area contributed by atoms with E-state index in [2.05, 4.69) is 43.9 Å². The number of nitrogens with one attached hydrogen (secondary N) is 2. The van der Waals surface area contributed by atoms with Crippen molar-refractivity contribution in [2.45, 2.75) is 32.2 Å². The van der Waals surface area contributed by atoms with Gasteiger partial charge >= 0.3 is 0 Å². The lowest BCUT2D eigenvalue weighted by molar-refractivity contribution is 0.726. The monoisotopic (exact) mass is 335 g/mol. The van der Waals surface area contributed by atoms with Gasteiger partial charge in [-0.15, -0.1) is 0 Å². The molecule has 0 radical (unpaired) electrons. The van der Waals surface area contributed by atoms with E-state index in [9.17, 15) is 0 Å². The number of pyridine rings is 1. The second-order valence-corrected chi connectivity index (χ2v) is 6.76. The first-order valence-electron chi connectivity index (χ1n) is 8.47. The second-order valence-electron chi connectivity index (χ2n) is 5.77. The number of hydrogen-bond acceptors (Lipinski definition) is 4. The van der Waals surface area contributed by atoms with E-state index in [-0.39, 0.29) is 0 Å². The zero-order valence-electron chi connectivity index (χ0n) is 14.3. The van der Waals surface area contributed by atoms with Crippen LogP contribution >= 0.6 is 11.8 Å². The summed E-state index contributed by atoms with van der Waals surface area (Å²) < 4.78 is 0. The van der Waals surface area contributed by atoms with Gasteiger partial charge in [-0.25, -0.2) is 4.98 Å². The van der Waals surface area contributed by atoms with E-state index < -0.39 is 0 Å². The first-order valence-corrected chi connectivity index (χ1v) is 9.86. The van der Waals surface area contributed by atoms with Crippen LogP contribution in [-0.2, 0) is 6.54 Å². The van der Waals surface area contributed by atoms with Crippen molar-refractivity contribution in [1.29, 1.82) is 0 Å². The molecule has 1 aliphatic rings. The molecule has 0 aromatic carbocycles. The molecule has 1 aliphatic heterocycles. The van der Waals surface area contributed by atoms with Crippen LogP contribution in [0.4, 0.5) is 5.82 Å². The fraction of sp³-hybridized carbons (Fsp3) is 0.647. The molecule has 2 rings (SSSR count). The van der Waals surface area contributed by atoms with Gasteiger partial charge in [0.05, 0.1) is 0 Å². The summed E-state index contributed by atoms with van der Waals surface area (Å²) in [6.07, 6.45) is 9.34. The van der Waals surface area contributed by atoms with Crippen LogP contribution in [-0.4, -0.2) is 49.6 Å². The summed E-state index contributed by atoms with van der Waals surface area (Å²) in [6.45, 7) is 3.94. The highest BCUT2D eigenvalue weighted by molar-refractivity contribution is 7.98. The van der Waals surface area contributed by atoms with Crippen molar-refractivity contribution >= 4 is 23.5 Å². The maximum Gasteiger partial charge on any atom is 0.191 e. The Morgan fingerprint density at radius 2 is 2.00 bits per heavy atom. The topological polar surface area (TPSA) is 52.6 Å². The zero-order valence-corrected chi connectivity index (χ0v) is 15.2. The largest absolute Gasteiger partial charge is 0.357 e. The van der Waals surface area contributed by atoms with Crippen molar-refractivity contribution in [3.8, 4) is 0 Å². The summed E-state index contributed by atoms with van der Waals surface area (Å²) >= 11 is 1.83. The number of nitrogens with zero attached hydrogens (tertiary/aromatic N) is 3. The minimum absolute atomic E-state index is 0.742. The molecule has 0 spiro atoms. The standard InChI is InChI=1S/C17H29N5S/c1-18-17(19-9-12-23-2)21-14-15-7-8-16(20-13-15)22-10-5-3-4-6-11-22/h7-8,13H,3-6,9-12,14H2,1-2H3,(H2,18,19,21). The summed E-state index contributed by atoms with van der Waals surface area (Å²) in [5.41, 5.74) is 1.18. The lowest BCUT2D eigenvalue weighted by Crippen LogP contribution is -2.37. The molecule has 5 nitrogen and oxygen atoms in total. The summed E-state index contributed by atoms with van der Waals surface area (Å²) in [4.78, 5) is 11.3. The van der Waals surface area contributed by atoms with Gasteiger partial charge in [0.25, 0.3) is 0 Å². The van der Waals surface area contributed by atoms with E-state index in [1.807, 2.05) is 18.0 Å². The van der Waals surface area contributed by atoms with Gasteiger partial charge < -0.3 is 15.5 Å². The predicted octanol–water partition coefficient (Wildman–Crippen LogP) is 2.49. The third-order valence-electron chi connectivity index (χ3n) is 4.02. The zero-order chi connectivity index (χ0) is 16.3. The minimum atomic E-state index is 0.742. The molecule has 23 heavy (non-hydrogen) atoms. The van der Waals surface area contributed by atoms with Gasteiger partial charge in [0.2, 0.25) is 0 Å². The summed E-state index contributed by atoms with van der Waals surface area (Å²) in [7, 11) is 1.80. The number of aromatic nitrogens is 1. The van der Waals surface area contributed by atoms with E-state index in [4.69, 9.17) is 0 Å². The number of anilines is 1. The van der Waals surface area contributed by atoms with Crippen LogP contribution < -0.4 is 15.5 Å². The Labute approximate surface area is 144 Å². The highest BCUT2D eigenvalue weighted by Gasteiger charge is 2.10. The molecule has 0 atom stereocenters. The second kappa shape index (κ2) is 10.4. The Hall–Kier alpha value is -1.43. The van der Waals surface area contributed by atoms with Crippen molar-refractivity contribution in [3.63, 3.8) is 0 Å². The number of guanidine groups is 1. The number of thioether (sulfide) groups is 1. The molecular weight excluding hydrogens is 306 g/mol. The third kappa shape index (κ3) is 6.29. The smallest absolute Gasteiger partial charge is 0.191 e. The molecule has 0 unspecified atom stereocenters. The van der Waals surface area contributed by atoms with Crippen molar-refractivity contribution < 1.29 is 0 Å². The quantitative estimate of drug-likeness (QED) is 0.475. The van der Waals surface area contributed by atoms with Crippen LogP contribution in [0.3, 0.4) is 0 Å². The average molecular weight is 336 g/mol. The normalized spacial score (nSPS) is 16.1. The Morgan fingerprint density at radius 1 is 1.22 bits per heavy atom. The van der Waals surface area contributed by atoms with Gasteiger partial charge in [0.1, 0.15) is 5.82 Å². The number of aliphatic imine (C=N–C) groups is 1. The molecule has 2 N–H and O–H groups in total. The van der Waals surface area contributed by atoms with Gasteiger partial charge in [-0.3, -0.25) is 4.99 Å². The van der Waals surface area contributed by atoms with Crippen molar-refractivity contribution in [2.24, 2.45) is 4.99 Å². The molecule has 1 saturated heterocycles. The first-order chi connectivity index (χ1) is 11.3. The molecule has 2 heterocycles. The van der Waals surface area contributed by atoms with Gasteiger partial charge in [-0.1, -0.05) is 18.9 Å². The van der Waals surface area contributed by atoms with Crippen LogP contribution in [0.5, 0.6) is 0 Å². The molecule has 0 aliphatic carbocycles. The van der Waals surface area contributed by atoms with Crippen LogP contribution in [0.2, 0.25) is 0 Å². The summed E-state index contributed by atoms with van der Waals surface area (Å²) in [6, 6.07) is 4.31. The van der Waals surface area contributed by atoms with E-state index in [0.29, 0.717) is 0 Å². The van der Waals surface area contributed by atoms with E-state index in [1.54, 1.807) is 7.05 Å². The molecule has 128 valence electrons. The van der Waals surface area contributed by atoms with E-state index in [1.165, 1.54) is 31.2 Å². The number of hydrogen-bond donors (Lipinski definition) is 2. The molecular formula is C17H29N5S. The van der Waals surface area contributed by atoms with Crippen molar-refractivity contribution in [2.75, 3.05) is 43.6 Å². The maximum absolute atomic E-state index is 4.65.